The van der Waals surface area contributed by atoms with Crippen LogP contribution in [0.1, 0.15) is 38.5 Å². The Labute approximate surface area is 260 Å². The molecule has 7 nitrogen and oxygen atoms in total. The van der Waals surface area contributed by atoms with Crippen LogP contribution in [0.5, 0.6) is 5.75 Å². The minimum Gasteiger partial charge on any atom is -0.482 e. The van der Waals surface area contributed by atoms with Crippen molar-refractivity contribution in [2.24, 2.45) is 29.6 Å². The number of carbonyl (C=O) groups is 2. The molecule has 0 radical (unpaired) electrons. The van der Waals surface area contributed by atoms with E-state index in [1.165, 1.54) is 16.2 Å². The molecule has 0 amide bonds. The van der Waals surface area contributed by atoms with E-state index >= 15 is 0 Å². The number of ether oxygens (including phenoxy) is 5. The fraction of sp³-hybridized carbons (Fsp3) is 0.444. The molecular weight excluding hydrogens is 576 g/mol. The maximum absolute atomic E-state index is 13.3. The molecule has 4 saturated carbocycles. The van der Waals surface area contributed by atoms with Crippen molar-refractivity contribution >= 4 is 22.8 Å². The SMILES string of the molecule is O=C(COc1ccc([S+](c2ccccc2)c2ccccc2)cc1)OC1COC2OC3(OC(=O)C2C1)C1CC2CC(C1)CC3C2. The molecular formula is C36H37O7S+. The van der Waals surface area contributed by atoms with E-state index in [9.17, 15) is 9.59 Å². The first-order valence-electron chi connectivity index (χ1n) is 15.8. The summed E-state index contributed by atoms with van der Waals surface area (Å²) in [6.45, 7) is -0.0460. The molecule has 228 valence electrons. The van der Waals surface area contributed by atoms with E-state index < -0.39 is 30.1 Å². The summed E-state index contributed by atoms with van der Waals surface area (Å²) in [7, 11) is -0.261. The molecule has 2 aliphatic heterocycles. The summed E-state index contributed by atoms with van der Waals surface area (Å²) in [5.74, 6) is 0.366. The van der Waals surface area contributed by atoms with Crippen molar-refractivity contribution in [2.45, 2.75) is 71.4 Å². The molecule has 4 bridgehead atoms. The van der Waals surface area contributed by atoms with Crippen LogP contribution in [0.4, 0.5) is 0 Å². The maximum atomic E-state index is 13.3. The van der Waals surface area contributed by atoms with Crippen molar-refractivity contribution in [3.05, 3.63) is 84.9 Å². The summed E-state index contributed by atoms with van der Waals surface area (Å²) in [5, 5.41) is 0. The van der Waals surface area contributed by atoms with Gasteiger partial charge in [-0.05, 0) is 92.5 Å². The third-order valence-electron chi connectivity index (χ3n) is 10.1. The third-order valence-corrected chi connectivity index (χ3v) is 12.3. The van der Waals surface area contributed by atoms with Crippen molar-refractivity contribution in [3.63, 3.8) is 0 Å². The summed E-state index contributed by atoms with van der Waals surface area (Å²) >= 11 is 0. The van der Waals surface area contributed by atoms with Gasteiger partial charge in [0.1, 0.15) is 17.8 Å². The number of esters is 2. The van der Waals surface area contributed by atoms with E-state index in [-0.39, 0.29) is 41.9 Å². The molecule has 6 aliphatic rings. The quantitative estimate of drug-likeness (QED) is 0.233. The van der Waals surface area contributed by atoms with Gasteiger partial charge < -0.3 is 23.7 Å². The van der Waals surface area contributed by atoms with E-state index in [4.69, 9.17) is 23.7 Å². The van der Waals surface area contributed by atoms with Crippen molar-refractivity contribution in [3.8, 4) is 5.75 Å². The fourth-order valence-corrected chi connectivity index (χ4v) is 10.5. The van der Waals surface area contributed by atoms with E-state index in [1.807, 2.05) is 36.4 Å². The normalized spacial score (nSPS) is 33.6. The lowest BCUT2D eigenvalue weighted by molar-refractivity contribution is -0.405. The van der Waals surface area contributed by atoms with E-state index in [0.717, 1.165) is 42.4 Å². The molecule has 3 atom stereocenters. The predicted molar refractivity (Wildman–Crippen MR) is 162 cm³/mol. The van der Waals surface area contributed by atoms with Gasteiger partial charge in [-0.3, -0.25) is 4.79 Å². The standard InChI is InChI=1S/C36H37O7S/c37-33(22-39-27-11-13-31(14-12-27)44(29-7-3-1-4-8-29)30-9-5-2-6-10-30)41-28-20-32-34(38)42-36(43-35(32)40-21-28)25-16-23-15-24(18-25)19-26(36)17-23/h1-14,23-26,28,32,35H,15-22H2/q+1. The number of rotatable bonds is 7. The summed E-state index contributed by atoms with van der Waals surface area (Å²) in [6, 6.07) is 28.7. The monoisotopic (exact) mass is 613 g/mol. The van der Waals surface area contributed by atoms with Crippen LogP contribution in [0, 0.1) is 29.6 Å². The molecule has 0 N–H and O–H groups in total. The van der Waals surface area contributed by atoms with Crippen molar-refractivity contribution in [1.29, 1.82) is 0 Å². The van der Waals surface area contributed by atoms with Crippen LogP contribution in [-0.2, 0) is 39.4 Å². The lowest BCUT2D eigenvalue weighted by atomic mass is 9.53. The first kappa shape index (κ1) is 28.2. The topological polar surface area (TPSA) is 80.3 Å². The number of hydrogen-bond donors (Lipinski definition) is 0. The van der Waals surface area contributed by atoms with Crippen molar-refractivity contribution < 1.29 is 33.3 Å². The van der Waals surface area contributed by atoms with Crippen LogP contribution in [0.3, 0.4) is 0 Å². The summed E-state index contributed by atoms with van der Waals surface area (Å²) < 4.78 is 30.2. The summed E-state index contributed by atoms with van der Waals surface area (Å²) in [4.78, 5) is 29.6. The molecule has 3 unspecified atom stereocenters. The van der Waals surface area contributed by atoms with Gasteiger partial charge in [0.15, 0.2) is 27.6 Å². The highest BCUT2D eigenvalue weighted by atomic mass is 32.2. The summed E-state index contributed by atoms with van der Waals surface area (Å²) in [6.07, 6.45) is 4.71. The second-order valence-electron chi connectivity index (χ2n) is 12.9. The highest BCUT2D eigenvalue weighted by Crippen LogP contribution is 2.61. The maximum Gasteiger partial charge on any atom is 0.344 e. The molecule has 2 saturated heterocycles. The highest BCUT2D eigenvalue weighted by Gasteiger charge is 2.65. The van der Waals surface area contributed by atoms with Crippen LogP contribution in [-0.4, -0.2) is 43.3 Å². The zero-order valence-corrected chi connectivity index (χ0v) is 25.4. The van der Waals surface area contributed by atoms with E-state index in [0.29, 0.717) is 12.2 Å². The molecule has 1 spiro atoms. The van der Waals surface area contributed by atoms with E-state index in [1.54, 1.807) is 0 Å². The molecule has 9 rings (SSSR count). The minimum absolute atomic E-state index is 0.187. The third kappa shape index (κ3) is 5.21. The Morgan fingerprint density at radius 1 is 0.773 bits per heavy atom. The lowest BCUT2D eigenvalue weighted by Crippen LogP contribution is -2.67. The molecule has 3 aromatic rings. The number of carbonyl (C=O) groups excluding carboxylic acids is 2. The molecule has 0 aromatic heterocycles. The molecule has 8 heteroatoms. The Kier molecular flexibility index (Phi) is 7.39. The van der Waals surface area contributed by atoms with Gasteiger partial charge in [0.25, 0.3) is 0 Å². The molecule has 4 aliphatic carbocycles. The number of hydrogen-bond acceptors (Lipinski definition) is 7. The lowest BCUT2D eigenvalue weighted by Gasteiger charge is -2.61. The van der Waals surface area contributed by atoms with Gasteiger partial charge in [-0.1, -0.05) is 36.4 Å². The Hall–Kier alpha value is -3.33. The first-order valence-corrected chi connectivity index (χ1v) is 17.1. The Bertz CT molecular complexity index is 1430. The number of benzene rings is 3. The Morgan fingerprint density at radius 2 is 1.36 bits per heavy atom. The molecule has 6 fully saturated rings. The fourth-order valence-electron chi connectivity index (χ4n) is 8.38. The van der Waals surface area contributed by atoms with Crippen LogP contribution in [0.2, 0.25) is 0 Å². The van der Waals surface area contributed by atoms with Crippen LogP contribution >= 0.6 is 0 Å². The number of fused-ring (bicyclic) bond motifs is 1. The van der Waals surface area contributed by atoms with Crippen LogP contribution in [0.25, 0.3) is 0 Å². The summed E-state index contributed by atoms with van der Waals surface area (Å²) in [5.41, 5.74) is 0. The van der Waals surface area contributed by atoms with E-state index in [2.05, 4.69) is 48.5 Å². The predicted octanol–water partition coefficient (Wildman–Crippen LogP) is 6.16. The van der Waals surface area contributed by atoms with Gasteiger partial charge in [-0.2, -0.15) is 0 Å². The zero-order valence-electron chi connectivity index (χ0n) is 24.5. The van der Waals surface area contributed by atoms with Crippen LogP contribution < -0.4 is 4.74 Å². The molecule has 44 heavy (non-hydrogen) atoms. The van der Waals surface area contributed by atoms with Gasteiger partial charge in [0, 0.05) is 18.3 Å². The second-order valence-corrected chi connectivity index (χ2v) is 14.9. The molecule has 3 aromatic carbocycles. The van der Waals surface area contributed by atoms with Gasteiger partial charge in [0.05, 0.1) is 17.5 Å². The average Bonchev–Trinajstić information content (AvgIpc) is 3.04. The second kappa shape index (κ2) is 11.5. The molecule has 2 heterocycles. The van der Waals surface area contributed by atoms with Crippen molar-refractivity contribution in [2.75, 3.05) is 13.2 Å². The average molecular weight is 614 g/mol. The Morgan fingerprint density at radius 3 is 1.98 bits per heavy atom. The first-order chi connectivity index (χ1) is 21.5. The highest BCUT2D eigenvalue weighted by molar-refractivity contribution is 7.97. The van der Waals surface area contributed by atoms with Gasteiger partial charge in [-0.15, -0.1) is 0 Å². The Balaban J connectivity index is 0.864. The van der Waals surface area contributed by atoms with Crippen LogP contribution in [0.15, 0.2) is 99.6 Å². The van der Waals surface area contributed by atoms with Crippen molar-refractivity contribution in [1.82, 2.24) is 0 Å². The smallest absolute Gasteiger partial charge is 0.344 e. The zero-order chi connectivity index (χ0) is 29.7. The van der Waals surface area contributed by atoms with Gasteiger partial charge in [0.2, 0.25) is 5.79 Å². The van der Waals surface area contributed by atoms with Gasteiger partial charge in [-0.25, -0.2) is 4.79 Å². The van der Waals surface area contributed by atoms with Gasteiger partial charge >= 0.3 is 11.9 Å². The minimum atomic E-state index is -0.832. The largest absolute Gasteiger partial charge is 0.482 e.